The number of nitrogens with zero attached hydrogens (tertiary/aromatic N) is 2. The minimum absolute atomic E-state index is 0.0468. The van der Waals surface area contributed by atoms with E-state index in [-0.39, 0.29) is 18.1 Å². The summed E-state index contributed by atoms with van der Waals surface area (Å²) in [5, 5.41) is 17.1. The van der Waals surface area contributed by atoms with E-state index in [2.05, 4.69) is 20.9 Å². The lowest BCUT2D eigenvalue weighted by Crippen LogP contribution is -2.43. The maximum Gasteiger partial charge on any atom is 0.329 e. The summed E-state index contributed by atoms with van der Waals surface area (Å²) in [6.45, 7) is 2.63. The van der Waals surface area contributed by atoms with Crippen LogP contribution in [-0.4, -0.2) is 59.4 Å². The molecule has 1 fully saturated rings. The number of carboxylic acids is 1. The Morgan fingerprint density at radius 1 is 1.31 bits per heavy atom. The predicted molar refractivity (Wildman–Crippen MR) is 104 cm³/mol. The van der Waals surface area contributed by atoms with Gasteiger partial charge in [0.2, 0.25) is 0 Å². The number of urea groups is 1. The molecule has 10 nitrogen and oxygen atoms in total. The van der Waals surface area contributed by atoms with Crippen molar-refractivity contribution in [1.82, 2.24) is 20.9 Å². The number of carbonyl (C=O) groups is 4. The fraction of sp³-hybridized carbons (Fsp3) is 0.316. The number of rotatable bonds is 5. The lowest BCUT2D eigenvalue weighted by atomic mass is 10.1. The van der Waals surface area contributed by atoms with E-state index >= 15 is 0 Å². The summed E-state index contributed by atoms with van der Waals surface area (Å²) in [5.74, 6) is -2.42. The molecule has 29 heavy (non-hydrogen) atoms. The van der Waals surface area contributed by atoms with Crippen LogP contribution in [0.3, 0.4) is 0 Å². The van der Waals surface area contributed by atoms with Crippen LogP contribution in [0.2, 0.25) is 0 Å². The van der Waals surface area contributed by atoms with Gasteiger partial charge in [-0.1, -0.05) is 19.1 Å². The number of carboxylic acid groups (broad SMARTS) is 1. The van der Waals surface area contributed by atoms with E-state index in [0.29, 0.717) is 23.6 Å². The Balaban J connectivity index is 1.67. The van der Waals surface area contributed by atoms with E-state index in [9.17, 15) is 19.2 Å². The summed E-state index contributed by atoms with van der Waals surface area (Å²) in [5.41, 5.74) is 1.07. The van der Waals surface area contributed by atoms with Gasteiger partial charge in [0.1, 0.15) is 5.70 Å². The third-order valence-electron chi connectivity index (χ3n) is 4.45. The average molecular weight is 399 g/mol. The van der Waals surface area contributed by atoms with Crippen LogP contribution < -0.4 is 16.0 Å². The number of aliphatic carboxylic acids is 1. The van der Waals surface area contributed by atoms with Crippen molar-refractivity contribution in [3.8, 4) is 0 Å². The van der Waals surface area contributed by atoms with Crippen molar-refractivity contribution in [2.45, 2.75) is 13.3 Å². The molecule has 4 N–H and O–H groups in total. The number of amides is 4. The molecule has 4 amide bonds. The van der Waals surface area contributed by atoms with Crippen LogP contribution >= 0.6 is 0 Å². The highest BCUT2D eigenvalue weighted by Gasteiger charge is 2.35. The largest absolute Gasteiger partial charge is 0.481 e. The summed E-state index contributed by atoms with van der Waals surface area (Å²) in [4.78, 5) is 52.6. The molecule has 2 aliphatic rings. The van der Waals surface area contributed by atoms with Crippen LogP contribution in [0, 0.1) is 5.92 Å². The highest BCUT2D eigenvalue weighted by molar-refractivity contribution is 6.14. The molecule has 0 spiro atoms. The van der Waals surface area contributed by atoms with Gasteiger partial charge in [0, 0.05) is 25.2 Å². The van der Waals surface area contributed by atoms with Crippen molar-refractivity contribution in [1.29, 1.82) is 0 Å². The fourth-order valence-corrected chi connectivity index (χ4v) is 2.78. The van der Waals surface area contributed by atoms with E-state index < -0.39 is 23.8 Å². The predicted octanol–water partition coefficient (Wildman–Crippen LogP) is 0.379. The molecule has 152 valence electrons. The highest BCUT2D eigenvalue weighted by Crippen LogP contribution is 2.16. The van der Waals surface area contributed by atoms with Gasteiger partial charge in [0.15, 0.2) is 5.96 Å². The molecular weight excluding hydrogens is 378 g/mol. The van der Waals surface area contributed by atoms with Crippen LogP contribution in [-0.2, 0) is 9.59 Å². The standard InChI is InChI=1S/C19H21N5O5/c1-11(17(27)28)10-24-16(26)14(22-19(24)29)9-12-3-5-13(6-4-12)15(25)23-18-20-7-2-8-21-18/h3-6,9,11H,2,7-8,10H2,1H3,(H,22,29)(H,27,28)(H2,20,21,23,25)/b14-9-/t11-/m0/s1. The van der Waals surface area contributed by atoms with E-state index in [1.54, 1.807) is 24.3 Å². The van der Waals surface area contributed by atoms with Gasteiger partial charge in [-0.25, -0.2) is 4.79 Å². The first-order chi connectivity index (χ1) is 13.8. The maximum absolute atomic E-state index is 12.4. The summed E-state index contributed by atoms with van der Waals surface area (Å²) >= 11 is 0. The van der Waals surface area contributed by atoms with E-state index in [0.717, 1.165) is 17.9 Å². The molecule has 3 rings (SSSR count). The minimum atomic E-state index is -1.09. The first kappa shape index (κ1) is 20.1. The minimum Gasteiger partial charge on any atom is -0.481 e. The number of hydrogen-bond acceptors (Lipinski definition) is 6. The lowest BCUT2D eigenvalue weighted by molar-refractivity contribution is -0.141. The molecule has 2 heterocycles. The summed E-state index contributed by atoms with van der Waals surface area (Å²) in [6.07, 6.45) is 2.39. The van der Waals surface area contributed by atoms with Gasteiger partial charge in [-0.05, 0) is 30.2 Å². The normalized spacial score (nSPS) is 18.7. The zero-order chi connectivity index (χ0) is 21.0. The molecular formula is C19H21N5O5. The second kappa shape index (κ2) is 8.55. The molecule has 0 aliphatic carbocycles. The van der Waals surface area contributed by atoms with Crippen molar-refractivity contribution >= 4 is 35.9 Å². The van der Waals surface area contributed by atoms with Gasteiger partial charge < -0.3 is 15.7 Å². The van der Waals surface area contributed by atoms with Gasteiger partial charge in [-0.2, -0.15) is 0 Å². The van der Waals surface area contributed by atoms with E-state index in [1.165, 1.54) is 13.0 Å². The number of carbonyl (C=O) groups excluding carboxylic acids is 3. The van der Waals surface area contributed by atoms with Gasteiger partial charge in [-0.3, -0.25) is 29.6 Å². The Labute approximate surface area is 166 Å². The van der Waals surface area contributed by atoms with Crippen LogP contribution in [0.4, 0.5) is 4.79 Å². The molecule has 2 aliphatic heterocycles. The van der Waals surface area contributed by atoms with Crippen LogP contribution in [0.5, 0.6) is 0 Å². The molecule has 0 saturated carbocycles. The molecule has 0 radical (unpaired) electrons. The third kappa shape index (κ3) is 4.78. The maximum atomic E-state index is 12.4. The van der Waals surface area contributed by atoms with Crippen molar-refractivity contribution in [3.63, 3.8) is 0 Å². The van der Waals surface area contributed by atoms with Crippen LogP contribution in [0.15, 0.2) is 35.0 Å². The number of hydrogen-bond donors (Lipinski definition) is 4. The summed E-state index contributed by atoms with van der Waals surface area (Å²) < 4.78 is 0. The Morgan fingerprint density at radius 3 is 2.66 bits per heavy atom. The molecule has 1 atom stereocenters. The number of benzene rings is 1. The molecule has 1 aromatic rings. The smallest absolute Gasteiger partial charge is 0.329 e. The lowest BCUT2D eigenvalue weighted by Gasteiger charge is -2.15. The molecule has 0 aromatic heterocycles. The van der Waals surface area contributed by atoms with Gasteiger partial charge >= 0.3 is 12.0 Å². The first-order valence-electron chi connectivity index (χ1n) is 9.12. The Kier molecular flexibility index (Phi) is 5.91. The summed E-state index contributed by atoms with van der Waals surface area (Å²) in [7, 11) is 0. The van der Waals surface area contributed by atoms with Gasteiger partial charge in [0.05, 0.1) is 5.92 Å². The number of imide groups is 1. The number of aliphatic imine (C=N–C) groups is 1. The van der Waals surface area contributed by atoms with E-state index in [4.69, 9.17) is 5.11 Å². The van der Waals surface area contributed by atoms with Crippen molar-refractivity contribution < 1.29 is 24.3 Å². The van der Waals surface area contributed by atoms with Gasteiger partial charge in [0.25, 0.3) is 11.8 Å². The molecule has 0 unspecified atom stereocenters. The zero-order valence-electron chi connectivity index (χ0n) is 15.8. The highest BCUT2D eigenvalue weighted by atomic mass is 16.4. The van der Waals surface area contributed by atoms with Crippen LogP contribution in [0.1, 0.15) is 29.3 Å². The number of guanidine groups is 1. The Bertz CT molecular complexity index is 906. The Hall–Kier alpha value is -3.69. The van der Waals surface area contributed by atoms with Crippen molar-refractivity contribution in [2.75, 3.05) is 19.6 Å². The Morgan fingerprint density at radius 2 is 2.03 bits per heavy atom. The molecule has 0 bridgehead atoms. The zero-order valence-corrected chi connectivity index (χ0v) is 15.8. The van der Waals surface area contributed by atoms with E-state index in [1.807, 2.05) is 0 Å². The number of nitrogens with one attached hydrogen (secondary N) is 3. The quantitative estimate of drug-likeness (QED) is 0.417. The van der Waals surface area contributed by atoms with Gasteiger partial charge in [-0.15, -0.1) is 0 Å². The SMILES string of the molecule is C[C@@H](CN1C(=O)N/C(=C\c2ccc(C(=O)NC3=NCCCN3)cc2)C1=O)C(=O)O. The molecule has 1 saturated heterocycles. The fourth-order valence-electron chi connectivity index (χ4n) is 2.78. The van der Waals surface area contributed by atoms with Crippen molar-refractivity contribution in [3.05, 3.63) is 41.1 Å². The second-order valence-electron chi connectivity index (χ2n) is 6.73. The topological polar surface area (TPSA) is 140 Å². The third-order valence-corrected chi connectivity index (χ3v) is 4.45. The summed E-state index contributed by atoms with van der Waals surface area (Å²) in [6, 6.07) is 5.80. The van der Waals surface area contributed by atoms with Crippen molar-refractivity contribution in [2.24, 2.45) is 10.9 Å². The molecule has 10 heteroatoms. The van der Waals surface area contributed by atoms with Crippen LogP contribution in [0.25, 0.3) is 6.08 Å². The monoisotopic (exact) mass is 399 g/mol. The average Bonchev–Trinajstić information content (AvgIpc) is 2.96. The molecule has 1 aromatic carbocycles. The first-order valence-corrected chi connectivity index (χ1v) is 9.12. The second-order valence-corrected chi connectivity index (χ2v) is 6.73.